The summed E-state index contributed by atoms with van der Waals surface area (Å²) in [7, 11) is 1.96. The number of rotatable bonds is 4. The van der Waals surface area contributed by atoms with Crippen LogP contribution in [0.5, 0.6) is 0 Å². The number of halogens is 1. The molecule has 0 amide bonds. The van der Waals surface area contributed by atoms with Crippen molar-refractivity contribution >= 4 is 23.4 Å². The Morgan fingerprint density at radius 2 is 2.18 bits per heavy atom. The molecule has 0 radical (unpaired) electrons. The van der Waals surface area contributed by atoms with Crippen LogP contribution in [-0.2, 0) is 11.3 Å². The molecule has 1 aliphatic rings. The standard InChI is InChI=1S/C13H18ClNOS/c1-15-9-10-3-2-4-12(14)13(10)17-11-5-7-16-8-6-11/h2-4,11,15H,5-9H2,1H3. The highest BCUT2D eigenvalue weighted by atomic mass is 35.5. The second kappa shape index (κ2) is 6.64. The van der Waals surface area contributed by atoms with Gasteiger partial charge in [-0.1, -0.05) is 23.7 Å². The van der Waals surface area contributed by atoms with Gasteiger partial charge in [0, 0.05) is 29.9 Å². The first-order valence-electron chi connectivity index (χ1n) is 5.97. The normalized spacial score (nSPS) is 17.3. The van der Waals surface area contributed by atoms with Crippen LogP contribution in [0, 0.1) is 0 Å². The smallest absolute Gasteiger partial charge is 0.0545 e. The monoisotopic (exact) mass is 271 g/mol. The average Bonchev–Trinajstić information content (AvgIpc) is 2.35. The molecule has 17 heavy (non-hydrogen) atoms. The summed E-state index contributed by atoms with van der Waals surface area (Å²) in [5, 5.41) is 4.70. The number of hydrogen-bond donors (Lipinski definition) is 1. The van der Waals surface area contributed by atoms with Crippen LogP contribution < -0.4 is 5.32 Å². The Bertz CT molecular complexity index is 366. The first-order valence-corrected chi connectivity index (χ1v) is 7.23. The zero-order valence-electron chi connectivity index (χ0n) is 10.0. The molecule has 94 valence electrons. The van der Waals surface area contributed by atoms with E-state index < -0.39 is 0 Å². The third-order valence-corrected chi connectivity index (χ3v) is 4.82. The van der Waals surface area contributed by atoms with Gasteiger partial charge in [0.2, 0.25) is 0 Å². The highest BCUT2D eigenvalue weighted by molar-refractivity contribution is 8.00. The lowest BCUT2D eigenvalue weighted by Gasteiger charge is -2.23. The minimum Gasteiger partial charge on any atom is -0.381 e. The molecule has 0 bridgehead atoms. The number of ether oxygens (including phenoxy) is 1. The molecular weight excluding hydrogens is 254 g/mol. The Balaban J connectivity index is 2.12. The van der Waals surface area contributed by atoms with E-state index in [0.29, 0.717) is 5.25 Å². The topological polar surface area (TPSA) is 21.3 Å². The van der Waals surface area contributed by atoms with E-state index in [1.807, 2.05) is 30.9 Å². The van der Waals surface area contributed by atoms with Crippen LogP contribution in [0.3, 0.4) is 0 Å². The van der Waals surface area contributed by atoms with Gasteiger partial charge >= 0.3 is 0 Å². The van der Waals surface area contributed by atoms with Crippen molar-refractivity contribution in [1.29, 1.82) is 0 Å². The van der Waals surface area contributed by atoms with E-state index in [9.17, 15) is 0 Å². The van der Waals surface area contributed by atoms with Gasteiger partial charge in [0.25, 0.3) is 0 Å². The lowest BCUT2D eigenvalue weighted by molar-refractivity contribution is 0.1000. The first-order chi connectivity index (χ1) is 8.31. The number of thioether (sulfide) groups is 1. The van der Waals surface area contributed by atoms with Crippen LogP contribution in [0.25, 0.3) is 0 Å². The summed E-state index contributed by atoms with van der Waals surface area (Å²) in [6.45, 7) is 2.62. The lowest BCUT2D eigenvalue weighted by Crippen LogP contribution is -2.18. The third-order valence-electron chi connectivity index (χ3n) is 2.87. The van der Waals surface area contributed by atoms with Crippen molar-refractivity contribution in [3.8, 4) is 0 Å². The third kappa shape index (κ3) is 3.62. The fourth-order valence-electron chi connectivity index (χ4n) is 1.98. The van der Waals surface area contributed by atoms with Gasteiger partial charge in [0.1, 0.15) is 0 Å². The molecule has 2 nitrogen and oxygen atoms in total. The number of benzene rings is 1. The van der Waals surface area contributed by atoms with Crippen LogP contribution >= 0.6 is 23.4 Å². The highest BCUT2D eigenvalue weighted by Crippen LogP contribution is 2.36. The van der Waals surface area contributed by atoms with Crippen molar-refractivity contribution in [2.45, 2.75) is 29.5 Å². The summed E-state index contributed by atoms with van der Waals surface area (Å²) in [5.41, 5.74) is 1.29. The van der Waals surface area contributed by atoms with Crippen molar-refractivity contribution < 1.29 is 4.74 Å². The van der Waals surface area contributed by atoms with Crippen LogP contribution in [0.15, 0.2) is 23.1 Å². The molecule has 2 rings (SSSR count). The second-order valence-corrected chi connectivity index (χ2v) is 5.91. The maximum Gasteiger partial charge on any atom is 0.0545 e. The first kappa shape index (κ1) is 13.2. The minimum absolute atomic E-state index is 0.638. The molecule has 4 heteroatoms. The molecule has 1 saturated heterocycles. The van der Waals surface area contributed by atoms with Crippen LogP contribution in [-0.4, -0.2) is 25.5 Å². The molecular formula is C13H18ClNOS. The molecule has 1 fully saturated rings. The highest BCUT2D eigenvalue weighted by Gasteiger charge is 2.18. The zero-order chi connectivity index (χ0) is 12.1. The largest absolute Gasteiger partial charge is 0.381 e. The van der Waals surface area contributed by atoms with E-state index in [1.54, 1.807) is 0 Å². The molecule has 0 saturated carbocycles. The quantitative estimate of drug-likeness (QED) is 0.908. The summed E-state index contributed by atoms with van der Waals surface area (Å²) >= 11 is 8.21. The summed E-state index contributed by atoms with van der Waals surface area (Å²) in [6, 6.07) is 6.13. The molecule has 0 aromatic heterocycles. The van der Waals surface area contributed by atoms with Gasteiger partial charge in [-0.3, -0.25) is 0 Å². The fraction of sp³-hybridized carbons (Fsp3) is 0.538. The van der Waals surface area contributed by atoms with Gasteiger partial charge in [-0.25, -0.2) is 0 Å². The summed E-state index contributed by atoms with van der Waals surface area (Å²) in [5.74, 6) is 0. The van der Waals surface area contributed by atoms with Gasteiger partial charge < -0.3 is 10.1 Å². The maximum absolute atomic E-state index is 6.30. The lowest BCUT2D eigenvalue weighted by atomic mass is 10.2. The van der Waals surface area contributed by atoms with Crippen molar-refractivity contribution in [3.05, 3.63) is 28.8 Å². The molecule has 1 aromatic carbocycles. The van der Waals surface area contributed by atoms with Gasteiger partial charge in [-0.15, -0.1) is 11.8 Å². The van der Waals surface area contributed by atoms with Gasteiger partial charge in [0.05, 0.1) is 5.02 Å². The molecule has 0 aliphatic carbocycles. The Morgan fingerprint density at radius 3 is 2.88 bits per heavy atom. The van der Waals surface area contributed by atoms with Crippen LogP contribution in [0.2, 0.25) is 5.02 Å². The predicted molar refractivity (Wildman–Crippen MR) is 73.9 cm³/mol. The Hall–Kier alpha value is -0.220. The van der Waals surface area contributed by atoms with Crippen molar-refractivity contribution in [2.24, 2.45) is 0 Å². The van der Waals surface area contributed by atoms with E-state index in [4.69, 9.17) is 16.3 Å². The number of nitrogens with one attached hydrogen (secondary N) is 1. The molecule has 1 heterocycles. The predicted octanol–water partition coefficient (Wildman–Crippen LogP) is 3.33. The molecule has 1 aromatic rings. The zero-order valence-corrected chi connectivity index (χ0v) is 11.6. The Kier molecular flexibility index (Phi) is 5.16. The van der Waals surface area contributed by atoms with Crippen molar-refractivity contribution in [1.82, 2.24) is 5.32 Å². The fourth-order valence-corrected chi connectivity index (χ4v) is 3.54. The number of hydrogen-bond acceptors (Lipinski definition) is 3. The minimum atomic E-state index is 0.638. The second-order valence-electron chi connectivity index (χ2n) is 4.19. The Labute approximate surface area is 112 Å². The molecule has 0 unspecified atom stereocenters. The van der Waals surface area contributed by atoms with Crippen molar-refractivity contribution in [2.75, 3.05) is 20.3 Å². The maximum atomic E-state index is 6.30. The summed E-state index contributed by atoms with van der Waals surface area (Å²) < 4.78 is 5.39. The average molecular weight is 272 g/mol. The SMILES string of the molecule is CNCc1cccc(Cl)c1SC1CCOCC1. The molecule has 0 spiro atoms. The van der Waals surface area contributed by atoms with E-state index >= 15 is 0 Å². The summed E-state index contributed by atoms with van der Waals surface area (Å²) in [6.07, 6.45) is 2.24. The van der Waals surface area contributed by atoms with Crippen LogP contribution in [0.1, 0.15) is 18.4 Å². The van der Waals surface area contributed by atoms with E-state index in [2.05, 4.69) is 11.4 Å². The molecule has 0 atom stereocenters. The molecule has 1 N–H and O–H groups in total. The molecule has 1 aliphatic heterocycles. The summed E-state index contributed by atoms with van der Waals surface area (Å²) in [4.78, 5) is 1.23. The van der Waals surface area contributed by atoms with Gasteiger partial charge in [-0.2, -0.15) is 0 Å². The van der Waals surface area contributed by atoms with Gasteiger partial charge in [-0.05, 0) is 31.5 Å². The van der Waals surface area contributed by atoms with E-state index in [0.717, 1.165) is 37.6 Å². The van der Waals surface area contributed by atoms with E-state index in [-0.39, 0.29) is 0 Å². The van der Waals surface area contributed by atoms with Crippen LogP contribution in [0.4, 0.5) is 0 Å². The van der Waals surface area contributed by atoms with Gasteiger partial charge in [0.15, 0.2) is 0 Å². The Morgan fingerprint density at radius 1 is 1.41 bits per heavy atom. The van der Waals surface area contributed by atoms with E-state index in [1.165, 1.54) is 10.5 Å². The van der Waals surface area contributed by atoms with Crippen molar-refractivity contribution in [3.63, 3.8) is 0 Å².